The molecule has 1 saturated heterocycles. The molecule has 4 aromatic rings. The van der Waals surface area contributed by atoms with Crippen LogP contribution < -0.4 is 11.1 Å². The van der Waals surface area contributed by atoms with Crippen LogP contribution in [0.1, 0.15) is 30.0 Å². The number of pyridine rings is 1. The molecule has 4 N–H and O–H groups in total. The molecule has 0 bridgehead atoms. The van der Waals surface area contributed by atoms with Crippen molar-refractivity contribution in [2.75, 3.05) is 18.8 Å². The Kier molecular flexibility index (Phi) is 4.33. The van der Waals surface area contributed by atoms with E-state index in [9.17, 15) is 0 Å². The van der Waals surface area contributed by atoms with Gasteiger partial charge in [-0.1, -0.05) is 6.07 Å². The number of aromatic amines is 1. The normalized spacial score (nSPS) is 15.3. The first-order valence-corrected chi connectivity index (χ1v) is 10.4. The Hall–Kier alpha value is -2.77. The van der Waals surface area contributed by atoms with Crippen molar-refractivity contribution in [3.8, 4) is 21.7 Å². The van der Waals surface area contributed by atoms with Gasteiger partial charge in [0, 0.05) is 28.9 Å². The second-order valence-corrected chi connectivity index (χ2v) is 8.40. The number of nitrogens with two attached hydrogens (primary N) is 1. The molecule has 0 unspecified atom stereocenters. The number of aryl methyl sites for hydroxylation is 1. The summed E-state index contributed by atoms with van der Waals surface area (Å²) in [6.45, 7) is 4.18. The summed E-state index contributed by atoms with van der Waals surface area (Å²) >= 11 is 1.65. The number of aromatic nitrogens is 4. The second kappa shape index (κ2) is 7.00. The molecule has 142 valence electrons. The van der Waals surface area contributed by atoms with E-state index in [1.54, 1.807) is 11.3 Å². The highest BCUT2D eigenvalue weighted by Crippen LogP contribution is 2.37. The summed E-state index contributed by atoms with van der Waals surface area (Å²) in [6, 6.07) is 8.40. The lowest BCUT2D eigenvalue weighted by Gasteiger charge is -2.22. The third-order valence-electron chi connectivity index (χ3n) is 5.42. The minimum atomic E-state index is 0.491. The number of rotatable bonds is 3. The van der Waals surface area contributed by atoms with Crippen LogP contribution >= 0.6 is 11.3 Å². The van der Waals surface area contributed by atoms with Gasteiger partial charge in [-0.25, -0.2) is 9.97 Å². The first-order chi connectivity index (χ1) is 13.7. The molecule has 6 nitrogen and oxygen atoms in total. The van der Waals surface area contributed by atoms with Crippen LogP contribution in [-0.2, 0) is 0 Å². The van der Waals surface area contributed by atoms with Gasteiger partial charge in [0.1, 0.15) is 10.8 Å². The zero-order valence-electron chi connectivity index (χ0n) is 15.7. The molecule has 0 aliphatic carbocycles. The summed E-state index contributed by atoms with van der Waals surface area (Å²) < 4.78 is 1.17. The van der Waals surface area contributed by atoms with E-state index < -0.39 is 0 Å². The first-order valence-electron chi connectivity index (χ1n) is 9.56. The number of benzene rings is 1. The average Bonchev–Trinajstić information content (AvgIpc) is 3.36. The first kappa shape index (κ1) is 17.3. The molecule has 3 aromatic heterocycles. The minimum Gasteiger partial charge on any atom is -0.383 e. The van der Waals surface area contributed by atoms with Gasteiger partial charge in [-0.05, 0) is 56.6 Å². The van der Waals surface area contributed by atoms with Crippen molar-refractivity contribution in [1.29, 1.82) is 0 Å². The lowest BCUT2D eigenvalue weighted by molar-refractivity contribution is 0.453. The zero-order valence-corrected chi connectivity index (χ0v) is 16.5. The van der Waals surface area contributed by atoms with Crippen molar-refractivity contribution in [3.05, 3.63) is 47.9 Å². The molecular weight excluding hydrogens is 368 g/mol. The van der Waals surface area contributed by atoms with Crippen LogP contribution in [0.15, 0.2) is 36.7 Å². The van der Waals surface area contributed by atoms with Gasteiger partial charge in [0.05, 0.1) is 22.0 Å². The van der Waals surface area contributed by atoms with E-state index in [4.69, 9.17) is 10.7 Å². The van der Waals surface area contributed by atoms with Crippen LogP contribution in [0.3, 0.4) is 0 Å². The number of nitrogens with zero attached hydrogens (tertiary/aromatic N) is 3. The van der Waals surface area contributed by atoms with Crippen LogP contribution in [-0.4, -0.2) is 33.3 Å². The monoisotopic (exact) mass is 390 g/mol. The SMILES string of the molecule is Cc1ccc2nc(-c3cc(-c4cn[nH]c4C4CCNCC4)cnc3N)sc2c1. The number of fused-ring (bicyclic) bond motifs is 1. The van der Waals surface area contributed by atoms with E-state index in [0.717, 1.165) is 53.1 Å². The average molecular weight is 391 g/mol. The molecule has 1 fully saturated rings. The van der Waals surface area contributed by atoms with E-state index >= 15 is 0 Å². The number of nitrogens with one attached hydrogen (secondary N) is 2. The molecule has 0 amide bonds. The van der Waals surface area contributed by atoms with Crippen molar-refractivity contribution in [1.82, 2.24) is 25.5 Å². The van der Waals surface area contributed by atoms with E-state index in [0.29, 0.717) is 11.7 Å². The zero-order chi connectivity index (χ0) is 19.1. The van der Waals surface area contributed by atoms with Crippen LogP contribution in [0.25, 0.3) is 31.9 Å². The Balaban J connectivity index is 1.57. The van der Waals surface area contributed by atoms with E-state index in [1.165, 1.54) is 16.0 Å². The molecule has 0 atom stereocenters. The highest BCUT2D eigenvalue weighted by molar-refractivity contribution is 7.21. The third-order valence-corrected chi connectivity index (χ3v) is 6.47. The van der Waals surface area contributed by atoms with E-state index in [1.807, 2.05) is 12.4 Å². The third kappa shape index (κ3) is 3.06. The number of H-pyrrole nitrogens is 1. The number of thiazole rings is 1. The summed E-state index contributed by atoms with van der Waals surface area (Å²) in [4.78, 5) is 9.26. The predicted octanol–water partition coefficient (Wildman–Crippen LogP) is 4.11. The van der Waals surface area contributed by atoms with Gasteiger partial charge in [0.15, 0.2) is 0 Å². The van der Waals surface area contributed by atoms with Gasteiger partial charge >= 0.3 is 0 Å². The fourth-order valence-electron chi connectivity index (χ4n) is 3.89. The Bertz CT molecular complexity index is 1140. The number of piperidine rings is 1. The van der Waals surface area contributed by atoms with Gasteiger partial charge in [-0.3, -0.25) is 5.10 Å². The molecule has 28 heavy (non-hydrogen) atoms. The number of anilines is 1. The summed E-state index contributed by atoms with van der Waals surface area (Å²) in [5.41, 5.74) is 12.7. The maximum atomic E-state index is 6.23. The van der Waals surface area contributed by atoms with Gasteiger partial charge < -0.3 is 11.1 Å². The van der Waals surface area contributed by atoms with Crippen LogP contribution in [0.4, 0.5) is 5.82 Å². The topological polar surface area (TPSA) is 92.5 Å². The molecular formula is C21H22N6S. The quantitative estimate of drug-likeness (QED) is 0.490. The maximum absolute atomic E-state index is 6.23. The Morgan fingerprint density at radius 1 is 1.11 bits per heavy atom. The lowest BCUT2D eigenvalue weighted by Crippen LogP contribution is -2.27. The molecule has 7 heteroatoms. The van der Waals surface area contributed by atoms with Crippen LogP contribution in [0.5, 0.6) is 0 Å². The molecule has 0 saturated carbocycles. The van der Waals surface area contributed by atoms with Gasteiger partial charge in [-0.15, -0.1) is 11.3 Å². The van der Waals surface area contributed by atoms with Gasteiger partial charge in [0.2, 0.25) is 0 Å². The van der Waals surface area contributed by atoms with Crippen LogP contribution in [0.2, 0.25) is 0 Å². The summed E-state index contributed by atoms with van der Waals surface area (Å²) in [5, 5.41) is 11.9. The fourth-order valence-corrected chi connectivity index (χ4v) is 4.98. The molecule has 0 spiro atoms. The summed E-state index contributed by atoms with van der Waals surface area (Å²) in [7, 11) is 0. The fraction of sp³-hybridized carbons (Fsp3) is 0.286. The molecule has 1 aromatic carbocycles. The van der Waals surface area contributed by atoms with E-state index in [-0.39, 0.29) is 0 Å². The molecule has 1 aliphatic rings. The molecule has 1 aliphatic heterocycles. The summed E-state index contributed by atoms with van der Waals surface area (Å²) in [6.07, 6.45) is 5.96. The van der Waals surface area contributed by atoms with Gasteiger partial charge in [-0.2, -0.15) is 5.10 Å². The molecule has 5 rings (SSSR count). The molecule has 4 heterocycles. The van der Waals surface area contributed by atoms with Crippen molar-refractivity contribution >= 4 is 27.4 Å². The number of nitrogen functional groups attached to an aromatic ring is 1. The van der Waals surface area contributed by atoms with Crippen molar-refractivity contribution in [2.45, 2.75) is 25.7 Å². The largest absolute Gasteiger partial charge is 0.383 e. The van der Waals surface area contributed by atoms with Crippen molar-refractivity contribution in [2.24, 2.45) is 0 Å². The van der Waals surface area contributed by atoms with Crippen LogP contribution in [0, 0.1) is 6.92 Å². The summed E-state index contributed by atoms with van der Waals surface area (Å²) in [5.74, 6) is 0.997. The number of hydrogen-bond acceptors (Lipinski definition) is 6. The van der Waals surface area contributed by atoms with Crippen molar-refractivity contribution < 1.29 is 0 Å². The Morgan fingerprint density at radius 3 is 2.82 bits per heavy atom. The minimum absolute atomic E-state index is 0.491. The second-order valence-electron chi connectivity index (χ2n) is 7.37. The maximum Gasteiger partial charge on any atom is 0.133 e. The lowest BCUT2D eigenvalue weighted by atomic mass is 9.90. The predicted molar refractivity (Wildman–Crippen MR) is 114 cm³/mol. The van der Waals surface area contributed by atoms with Gasteiger partial charge in [0.25, 0.3) is 0 Å². The molecule has 0 radical (unpaired) electrons. The highest BCUT2D eigenvalue weighted by atomic mass is 32.1. The number of hydrogen-bond donors (Lipinski definition) is 3. The Labute approximate surface area is 167 Å². The standard InChI is InChI=1S/C21H22N6S/c1-12-2-3-17-18(8-12)28-21(26-17)15-9-14(10-24-20(15)22)16-11-25-27-19(16)13-4-6-23-7-5-13/h2-3,8-11,13,23H,4-7H2,1H3,(H2,22,24)(H,25,27). The highest BCUT2D eigenvalue weighted by Gasteiger charge is 2.22. The smallest absolute Gasteiger partial charge is 0.133 e. The Morgan fingerprint density at radius 2 is 1.96 bits per heavy atom. The van der Waals surface area contributed by atoms with E-state index in [2.05, 4.69) is 51.7 Å². The van der Waals surface area contributed by atoms with Crippen molar-refractivity contribution in [3.63, 3.8) is 0 Å².